The molecule has 6 nitrogen and oxygen atoms in total. The van der Waals surface area contributed by atoms with Crippen molar-refractivity contribution in [3.05, 3.63) is 60.2 Å². The number of hydrogen-bond donors (Lipinski definition) is 0. The van der Waals surface area contributed by atoms with Crippen molar-refractivity contribution < 1.29 is 22.7 Å². The van der Waals surface area contributed by atoms with Crippen molar-refractivity contribution >= 4 is 27.8 Å². The van der Waals surface area contributed by atoms with E-state index in [4.69, 9.17) is 9.47 Å². The lowest BCUT2D eigenvalue weighted by atomic mass is 9.80. The number of rotatable bonds is 8. The number of benzene rings is 2. The first-order valence-corrected chi connectivity index (χ1v) is 12.7. The van der Waals surface area contributed by atoms with Gasteiger partial charge in [0.15, 0.2) is 0 Å². The Morgan fingerprint density at radius 2 is 1.74 bits per heavy atom. The minimum absolute atomic E-state index is 0.135. The zero-order chi connectivity index (χ0) is 22.6. The number of carbonyl (C=O) groups excluding carboxylic acids is 1. The van der Waals surface area contributed by atoms with Gasteiger partial charge in [-0.25, -0.2) is 8.42 Å². The van der Waals surface area contributed by atoms with Gasteiger partial charge in [-0.15, -0.1) is 0 Å². The molecule has 0 radical (unpaired) electrons. The van der Waals surface area contributed by atoms with Gasteiger partial charge in [-0.2, -0.15) is 16.1 Å². The third kappa shape index (κ3) is 5.07. The number of thioether (sulfide) groups is 1. The average Bonchev–Trinajstić information content (AvgIpc) is 3.05. The summed E-state index contributed by atoms with van der Waals surface area (Å²) >= 11 is 1.71. The molecular formula is C23H29NO5S2. The SMILES string of the molecule is COC(=O)[C@H]1[C@H](CSCc2ccccc2)C(C)(C)CN1S(=O)(=O)c1ccc(OC)cc1. The number of nitrogens with zero attached hydrogens (tertiary/aromatic N) is 1. The van der Waals surface area contributed by atoms with Crippen LogP contribution in [0.25, 0.3) is 0 Å². The standard InChI is InChI=1S/C23H29NO5S2/c1-23(2)16-24(31(26,27)19-12-10-18(28-3)11-13-19)21(22(25)29-4)20(23)15-30-14-17-8-6-5-7-9-17/h5-13,20-21H,14-16H2,1-4H3/t20-,21+/m0/s1. The summed E-state index contributed by atoms with van der Waals surface area (Å²) in [5.41, 5.74) is 0.808. The van der Waals surface area contributed by atoms with Gasteiger partial charge in [0.2, 0.25) is 10.0 Å². The molecule has 0 aromatic heterocycles. The maximum absolute atomic E-state index is 13.5. The monoisotopic (exact) mass is 463 g/mol. The van der Waals surface area contributed by atoms with Gasteiger partial charge >= 0.3 is 5.97 Å². The Morgan fingerprint density at radius 3 is 2.32 bits per heavy atom. The summed E-state index contributed by atoms with van der Waals surface area (Å²) < 4.78 is 38.4. The first-order chi connectivity index (χ1) is 14.7. The van der Waals surface area contributed by atoms with E-state index in [0.717, 1.165) is 5.75 Å². The van der Waals surface area contributed by atoms with Crippen LogP contribution in [0.15, 0.2) is 59.5 Å². The van der Waals surface area contributed by atoms with Gasteiger partial charge in [-0.3, -0.25) is 4.79 Å². The van der Waals surface area contributed by atoms with Gasteiger partial charge < -0.3 is 9.47 Å². The molecule has 1 aliphatic rings. The van der Waals surface area contributed by atoms with Crippen molar-refractivity contribution in [2.45, 2.75) is 30.5 Å². The second-order valence-corrected chi connectivity index (χ2v) is 11.2. The van der Waals surface area contributed by atoms with Gasteiger partial charge in [0.1, 0.15) is 11.8 Å². The molecule has 3 rings (SSSR count). The zero-order valence-electron chi connectivity index (χ0n) is 18.3. The van der Waals surface area contributed by atoms with Crippen molar-refractivity contribution in [1.29, 1.82) is 0 Å². The van der Waals surface area contributed by atoms with E-state index in [-0.39, 0.29) is 22.8 Å². The fraction of sp³-hybridized carbons (Fsp3) is 0.435. The lowest BCUT2D eigenvalue weighted by molar-refractivity contribution is -0.145. The summed E-state index contributed by atoms with van der Waals surface area (Å²) in [7, 11) is -1.05. The van der Waals surface area contributed by atoms with Crippen LogP contribution in [0.2, 0.25) is 0 Å². The molecular weight excluding hydrogens is 434 g/mol. The van der Waals surface area contributed by atoms with E-state index in [1.54, 1.807) is 23.9 Å². The molecule has 2 atom stereocenters. The van der Waals surface area contributed by atoms with Gasteiger partial charge in [-0.05, 0) is 41.0 Å². The maximum Gasteiger partial charge on any atom is 0.324 e. The van der Waals surface area contributed by atoms with Crippen LogP contribution in [0.1, 0.15) is 19.4 Å². The Balaban J connectivity index is 1.86. The highest BCUT2D eigenvalue weighted by molar-refractivity contribution is 7.98. The molecule has 0 amide bonds. The van der Waals surface area contributed by atoms with Crippen molar-refractivity contribution in [1.82, 2.24) is 4.31 Å². The summed E-state index contributed by atoms with van der Waals surface area (Å²) in [6.45, 7) is 4.28. The smallest absolute Gasteiger partial charge is 0.324 e. The van der Waals surface area contributed by atoms with E-state index in [2.05, 4.69) is 12.1 Å². The Labute approximate surface area is 189 Å². The van der Waals surface area contributed by atoms with Crippen LogP contribution in [-0.4, -0.2) is 51.3 Å². The van der Waals surface area contributed by atoms with Crippen molar-refractivity contribution in [2.75, 3.05) is 26.5 Å². The summed E-state index contributed by atoms with van der Waals surface area (Å²) in [4.78, 5) is 12.9. The second-order valence-electron chi connectivity index (χ2n) is 8.29. The van der Waals surface area contributed by atoms with E-state index >= 15 is 0 Å². The molecule has 1 aliphatic heterocycles. The Hall–Kier alpha value is -2.03. The van der Waals surface area contributed by atoms with Gasteiger partial charge in [0.05, 0.1) is 19.1 Å². The minimum Gasteiger partial charge on any atom is -0.497 e. The molecule has 168 valence electrons. The Morgan fingerprint density at radius 1 is 1.10 bits per heavy atom. The average molecular weight is 464 g/mol. The highest BCUT2D eigenvalue weighted by Crippen LogP contribution is 2.45. The van der Waals surface area contributed by atoms with Crippen LogP contribution >= 0.6 is 11.8 Å². The molecule has 0 unspecified atom stereocenters. The highest BCUT2D eigenvalue weighted by atomic mass is 32.2. The van der Waals surface area contributed by atoms with Crippen LogP contribution in [0.4, 0.5) is 0 Å². The van der Waals surface area contributed by atoms with Crippen molar-refractivity contribution in [3.63, 3.8) is 0 Å². The zero-order valence-corrected chi connectivity index (χ0v) is 19.9. The molecule has 0 bridgehead atoms. The summed E-state index contributed by atoms with van der Waals surface area (Å²) in [6, 6.07) is 15.4. The number of ether oxygens (including phenoxy) is 2. The summed E-state index contributed by atoms with van der Waals surface area (Å²) in [6.07, 6.45) is 0. The third-order valence-electron chi connectivity index (χ3n) is 5.78. The summed E-state index contributed by atoms with van der Waals surface area (Å²) in [5.74, 6) is 1.32. The van der Waals surface area contributed by atoms with Crippen LogP contribution in [-0.2, 0) is 25.3 Å². The predicted molar refractivity (Wildman–Crippen MR) is 123 cm³/mol. The first-order valence-electron chi connectivity index (χ1n) is 10.1. The number of hydrogen-bond acceptors (Lipinski definition) is 6. The van der Waals surface area contributed by atoms with Crippen LogP contribution < -0.4 is 4.74 Å². The molecule has 0 N–H and O–H groups in total. The molecule has 0 spiro atoms. The van der Waals surface area contributed by atoms with Crippen LogP contribution in [0.3, 0.4) is 0 Å². The number of sulfonamides is 1. The van der Waals surface area contributed by atoms with E-state index in [9.17, 15) is 13.2 Å². The maximum atomic E-state index is 13.5. The van der Waals surface area contributed by atoms with Crippen LogP contribution in [0, 0.1) is 11.3 Å². The molecule has 0 aliphatic carbocycles. The number of methoxy groups -OCH3 is 2. The molecule has 0 saturated carbocycles. The van der Waals surface area contributed by atoms with Crippen LogP contribution in [0.5, 0.6) is 5.75 Å². The molecule has 2 aromatic carbocycles. The van der Waals surface area contributed by atoms with E-state index in [0.29, 0.717) is 11.5 Å². The fourth-order valence-corrected chi connectivity index (χ4v) is 7.18. The Bertz CT molecular complexity index is 990. The van der Waals surface area contributed by atoms with E-state index < -0.39 is 22.0 Å². The first kappa shape index (κ1) is 23.6. The molecule has 1 saturated heterocycles. The van der Waals surface area contributed by atoms with Gasteiger partial charge in [0.25, 0.3) is 0 Å². The highest BCUT2D eigenvalue weighted by Gasteiger charge is 2.54. The normalized spacial score (nSPS) is 21.0. The fourth-order valence-electron chi connectivity index (χ4n) is 3.96. The molecule has 8 heteroatoms. The Kier molecular flexibility index (Phi) is 7.34. The van der Waals surface area contributed by atoms with E-state index in [1.165, 1.54) is 36.2 Å². The van der Waals surface area contributed by atoms with Crippen molar-refractivity contribution in [2.24, 2.45) is 11.3 Å². The quantitative estimate of drug-likeness (QED) is 0.554. The summed E-state index contributed by atoms with van der Waals surface area (Å²) in [5, 5.41) is 0. The predicted octanol–water partition coefficient (Wildman–Crippen LogP) is 3.82. The second kappa shape index (κ2) is 9.63. The molecule has 1 fully saturated rings. The van der Waals surface area contributed by atoms with Gasteiger partial charge in [-0.1, -0.05) is 44.2 Å². The minimum atomic E-state index is -3.88. The molecule has 2 aromatic rings. The lowest BCUT2D eigenvalue weighted by Gasteiger charge is -2.28. The van der Waals surface area contributed by atoms with Gasteiger partial charge in [0, 0.05) is 18.2 Å². The lowest BCUT2D eigenvalue weighted by Crippen LogP contribution is -2.44. The number of carbonyl (C=O) groups is 1. The molecule has 1 heterocycles. The topological polar surface area (TPSA) is 72.9 Å². The largest absolute Gasteiger partial charge is 0.497 e. The van der Waals surface area contributed by atoms with Crippen molar-refractivity contribution in [3.8, 4) is 5.75 Å². The van der Waals surface area contributed by atoms with E-state index in [1.807, 2.05) is 32.0 Å². The molecule has 31 heavy (non-hydrogen) atoms. The third-order valence-corrected chi connectivity index (χ3v) is 8.75. The number of esters is 1.